The Morgan fingerprint density at radius 2 is 1.46 bits per heavy atom. The van der Waals surface area contributed by atoms with Crippen molar-refractivity contribution in [2.75, 3.05) is 17.9 Å². The molecule has 0 bridgehead atoms. The Morgan fingerprint density at radius 3 is 2.00 bits per heavy atom. The number of nitrogens with zero attached hydrogens (tertiary/aromatic N) is 2. The summed E-state index contributed by atoms with van der Waals surface area (Å²) in [5, 5.41) is 2.63. The van der Waals surface area contributed by atoms with Gasteiger partial charge in [0.25, 0.3) is 10.0 Å². The zero-order valence-electron chi connectivity index (χ0n) is 22.1. The lowest BCUT2D eigenvalue weighted by Crippen LogP contribution is -2.51. The summed E-state index contributed by atoms with van der Waals surface area (Å²) in [5.74, 6) is -0.764. The molecule has 0 aliphatic heterocycles. The van der Waals surface area contributed by atoms with E-state index in [-0.39, 0.29) is 17.3 Å². The molecule has 3 rings (SSSR count). The van der Waals surface area contributed by atoms with E-state index in [0.717, 1.165) is 26.6 Å². The maximum atomic E-state index is 13.9. The maximum absolute atomic E-state index is 13.9. The van der Waals surface area contributed by atoms with Crippen molar-refractivity contribution < 1.29 is 18.0 Å². The molecule has 0 radical (unpaired) electrons. The Bertz CT molecular complexity index is 1320. The summed E-state index contributed by atoms with van der Waals surface area (Å²) < 4.78 is 28.9. The fourth-order valence-electron chi connectivity index (χ4n) is 4.33. The summed E-state index contributed by atoms with van der Waals surface area (Å²) in [6.45, 7) is 7.21. The molecule has 0 heterocycles. The van der Waals surface area contributed by atoms with Crippen LogP contribution < -0.4 is 9.62 Å². The number of anilines is 1. The number of hydrogen-bond donors (Lipinski definition) is 1. The first-order valence-corrected chi connectivity index (χ1v) is 13.7. The fourth-order valence-corrected chi connectivity index (χ4v) is 5.72. The van der Waals surface area contributed by atoms with Crippen LogP contribution in [0.3, 0.4) is 0 Å². The minimum atomic E-state index is -4.08. The standard InChI is InChI=1S/C29H35N3O4S/c1-6-27(29(34)30-5)31(19-24-10-8-7-9-11-24)28(33)20-32(25-17-22(3)16-23(4)18-25)37(35,36)26-14-12-21(2)13-15-26/h7-18,27H,6,19-20H2,1-5H3,(H,30,34)/t27-/m1/s1. The van der Waals surface area contributed by atoms with Gasteiger partial charge >= 0.3 is 0 Å². The SMILES string of the molecule is CC[C@H](C(=O)NC)N(Cc1ccccc1)C(=O)CN(c1cc(C)cc(C)c1)S(=O)(=O)c1ccc(C)cc1. The summed E-state index contributed by atoms with van der Waals surface area (Å²) in [5.41, 5.74) is 3.93. The van der Waals surface area contributed by atoms with Crippen LogP contribution in [0.25, 0.3) is 0 Å². The van der Waals surface area contributed by atoms with Crippen LogP contribution in [-0.4, -0.2) is 44.8 Å². The second-order valence-corrected chi connectivity index (χ2v) is 11.1. The van der Waals surface area contributed by atoms with Gasteiger partial charge in [-0.2, -0.15) is 0 Å². The Morgan fingerprint density at radius 1 is 0.865 bits per heavy atom. The number of nitrogens with one attached hydrogen (secondary N) is 1. The second kappa shape index (κ2) is 12.1. The number of carbonyl (C=O) groups is 2. The van der Waals surface area contributed by atoms with Gasteiger partial charge in [0.2, 0.25) is 11.8 Å². The molecule has 0 aromatic heterocycles. The van der Waals surface area contributed by atoms with E-state index >= 15 is 0 Å². The van der Waals surface area contributed by atoms with Crippen LogP contribution in [0.1, 0.15) is 35.6 Å². The third-order valence-corrected chi connectivity index (χ3v) is 8.00. The van der Waals surface area contributed by atoms with Gasteiger partial charge in [0.05, 0.1) is 10.6 Å². The summed E-state index contributed by atoms with van der Waals surface area (Å²) in [6.07, 6.45) is 0.381. The summed E-state index contributed by atoms with van der Waals surface area (Å²) in [6, 6.07) is 20.6. The first-order valence-electron chi connectivity index (χ1n) is 12.3. The molecule has 0 unspecified atom stereocenters. The highest BCUT2D eigenvalue weighted by molar-refractivity contribution is 7.92. The highest BCUT2D eigenvalue weighted by Gasteiger charge is 2.33. The number of rotatable bonds is 10. The Labute approximate surface area is 220 Å². The van der Waals surface area contributed by atoms with Crippen LogP contribution in [-0.2, 0) is 26.2 Å². The number of carbonyl (C=O) groups excluding carboxylic acids is 2. The lowest BCUT2D eigenvalue weighted by atomic mass is 10.1. The average molecular weight is 522 g/mol. The summed E-state index contributed by atoms with van der Waals surface area (Å²) in [4.78, 5) is 28.2. The Balaban J connectivity index is 2.08. The summed E-state index contributed by atoms with van der Waals surface area (Å²) in [7, 11) is -2.55. The van der Waals surface area contributed by atoms with Crippen LogP contribution in [0.2, 0.25) is 0 Å². The van der Waals surface area contributed by atoms with Gasteiger partial charge in [0, 0.05) is 13.6 Å². The van der Waals surface area contributed by atoms with E-state index in [1.807, 2.05) is 64.1 Å². The molecule has 1 atom stereocenters. The van der Waals surface area contributed by atoms with Crippen molar-refractivity contribution in [3.05, 3.63) is 95.1 Å². The molecule has 3 aromatic rings. The predicted molar refractivity (Wildman–Crippen MR) is 147 cm³/mol. The second-order valence-electron chi connectivity index (χ2n) is 9.22. The number of likely N-dealkylation sites (N-methyl/N-ethyl adjacent to an activating group) is 1. The third-order valence-electron chi connectivity index (χ3n) is 6.21. The van der Waals surface area contributed by atoms with E-state index in [0.29, 0.717) is 12.1 Å². The minimum Gasteiger partial charge on any atom is -0.357 e. The van der Waals surface area contributed by atoms with E-state index in [9.17, 15) is 18.0 Å². The van der Waals surface area contributed by atoms with Gasteiger partial charge < -0.3 is 10.2 Å². The van der Waals surface area contributed by atoms with Crippen molar-refractivity contribution in [1.82, 2.24) is 10.2 Å². The molecule has 7 nitrogen and oxygen atoms in total. The average Bonchev–Trinajstić information content (AvgIpc) is 2.87. The molecule has 8 heteroatoms. The van der Waals surface area contributed by atoms with Gasteiger partial charge in [0.15, 0.2) is 0 Å². The van der Waals surface area contributed by atoms with Gasteiger partial charge in [0.1, 0.15) is 12.6 Å². The normalized spacial score (nSPS) is 12.0. The summed E-state index contributed by atoms with van der Waals surface area (Å²) >= 11 is 0. The zero-order chi connectivity index (χ0) is 27.2. The van der Waals surface area contributed by atoms with Crippen LogP contribution in [0.15, 0.2) is 77.7 Å². The molecule has 196 valence electrons. The van der Waals surface area contributed by atoms with E-state index in [1.165, 1.54) is 11.9 Å². The van der Waals surface area contributed by atoms with E-state index < -0.39 is 28.5 Å². The Kier molecular flexibility index (Phi) is 9.10. The smallest absolute Gasteiger partial charge is 0.264 e. The number of sulfonamides is 1. The van der Waals surface area contributed by atoms with Crippen LogP contribution >= 0.6 is 0 Å². The maximum Gasteiger partial charge on any atom is 0.264 e. The largest absolute Gasteiger partial charge is 0.357 e. The molecular weight excluding hydrogens is 486 g/mol. The lowest BCUT2D eigenvalue weighted by molar-refractivity contribution is -0.140. The number of amides is 2. The number of aryl methyl sites for hydroxylation is 3. The van der Waals surface area contributed by atoms with Crippen LogP contribution in [0.4, 0.5) is 5.69 Å². The molecular formula is C29H35N3O4S. The molecule has 0 saturated heterocycles. The van der Waals surface area contributed by atoms with Crippen molar-refractivity contribution in [3.8, 4) is 0 Å². The van der Waals surface area contributed by atoms with Crippen LogP contribution in [0, 0.1) is 20.8 Å². The molecule has 0 saturated carbocycles. The molecule has 0 aliphatic carbocycles. The van der Waals surface area contributed by atoms with Crippen molar-refractivity contribution in [1.29, 1.82) is 0 Å². The van der Waals surface area contributed by atoms with Crippen LogP contribution in [0.5, 0.6) is 0 Å². The van der Waals surface area contributed by atoms with Gasteiger partial charge in [-0.25, -0.2) is 8.42 Å². The third kappa shape index (κ3) is 6.77. The topological polar surface area (TPSA) is 86.8 Å². The molecule has 2 amide bonds. The Hall–Kier alpha value is -3.65. The van der Waals surface area contributed by atoms with E-state index in [2.05, 4.69) is 5.32 Å². The van der Waals surface area contributed by atoms with Crippen molar-refractivity contribution in [3.63, 3.8) is 0 Å². The van der Waals surface area contributed by atoms with Crippen molar-refractivity contribution in [2.24, 2.45) is 0 Å². The molecule has 0 spiro atoms. The van der Waals surface area contributed by atoms with Crippen molar-refractivity contribution in [2.45, 2.75) is 51.6 Å². The zero-order valence-corrected chi connectivity index (χ0v) is 22.9. The monoisotopic (exact) mass is 521 g/mol. The highest BCUT2D eigenvalue weighted by Crippen LogP contribution is 2.27. The quantitative estimate of drug-likeness (QED) is 0.430. The molecule has 0 fully saturated rings. The van der Waals surface area contributed by atoms with E-state index in [1.54, 1.807) is 36.4 Å². The van der Waals surface area contributed by atoms with E-state index in [4.69, 9.17) is 0 Å². The van der Waals surface area contributed by atoms with Gasteiger partial charge in [-0.15, -0.1) is 0 Å². The fraction of sp³-hybridized carbons (Fsp3) is 0.310. The number of benzene rings is 3. The molecule has 3 aromatic carbocycles. The minimum absolute atomic E-state index is 0.0954. The molecule has 37 heavy (non-hydrogen) atoms. The van der Waals surface area contributed by atoms with Gasteiger partial charge in [-0.3, -0.25) is 13.9 Å². The lowest BCUT2D eigenvalue weighted by Gasteiger charge is -2.33. The van der Waals surface area contributed by atoms with Crippen molar-refractivity contribution >= 4 is 27.5 Å². The molecule has 0 aliphatic rings. The first kappa shape index (κ1) is 27.9. The number of hydrogen-bond acceptors (Lipinski definition) is 4. The van der Waals surface area contributed by atoms with Gasteiger partial charge in [-0.05, 0) is 68.1 Å². The molecule has 1 N–H and O–H groups in total. The highest BCUT2D eigenvalue weighted by atomic mass is 32.2. The predicted octanol–water partition coefficient (Wildman–Crippen LogP) is 4.36. The first-order chi connectivity index (χ1) is 17.6. The van der Waals surface area contributed by atoms with Gasteiger partial charge in [-0.1, -0.05) is 61.0 Å².